The highest BCUT2D eigenvalue weighted by Crippen LogP contribution is 2.27. The van der Waals surface area contributed by atoms with E-state index in [2.05, 4.69) is 11.9 Å². The number of aromatic nitrogens is 1. The van der Waals surface area contributed by atoms with Crippen LogP contribution in [0.5, 0.6) is 0 Å². The van der Waals surface area contributed by atoms with E-state index in [0.717, 1.165) is 12.8 Å². The minimum atomic E-state index is -0.558. The second-order valence-corrected chi connectivity index (χ2v) is 6.95. The van der Waals surface area contributed by atoms with Crippen LogP contribution in [0.2, 0.25) is 0 Å². The summed E-state index contributed by atoms with van der Waals surface area (Å²) >= 11 is 1.24. The number of amides is 1. The van der Waals surface area contributed by atoms with Gasteiger partial charge in [-0.1, -0.05) is 24.7 Å². The second kappa shape index (κ2) is 7.02. The summed E-state index contributed by atoms with van der Waals surface area (Å²) in [5.41, 5.74) is 0.115. The minimum absolute atomic E-state index is 0.0932. The van der Waals surface area contributed by atoms with Crippen molar-refractivity contribution in [2.75, 3.05) is 11.9 Å². The summed E-state index contributed by atoms with van der Waals surface area (Å²) in [6.07, 6.45) is 1.90. The lowest BCUT2D eigenvalue weighted by molar-refractivity contribution is 0.0589. The molecule has 0 aliphatic heterocycles. The van der Waals surface area contributed by atoms with Crippen LogP contribution in [-0.4, -0.2) is 29.5 Å². The Morgan fingerprint density at radius 3 is 2.48 bits per heavy atom. The lowest BCUT2D eigenvalue weighted by Gasteiger charge is -2.23. The Labute approximate surface area is 130 Å². The molecule has 0 atom stereocenters. The molecule has 1 heterocycles. The lowest BCUT2D eigenvalue weighted by Crippen LogP contribution is -2.34. The third-order valence-corrected chi connectivity index (χ3v) is 4.03. The molecule has 118 valence electrons. The number of thiazole rings is 1. The largest absolute Gasteiger partial charge is 0.443 e. The number of nitrogens with zero attached hydrogens (tertiary/aromatic N) is 2. The number of hydrogen-bond acceptors (Lipinski definition) is 5. The van der Waals surface area contributed by atoms with Crippen LogP contribution in [0, 0.1) is 6.92 Å². The summed E-state index contributed by atoms with van der Waals surface area (Å²) in [5.74, 6) is 0.0932. The molecular weight excluding hydrogens is 288 g/mol. The fourth-order valence-corrected chi connectivity index (χ4v) is 2.63. The maximum atomic E-state index is 12.1. The quantitative estimate of drug-likeness (QED) is 0.765. The molecule has 1 amide bonds. The van der Waals surface area contributed by atoms with Gasteiger partial charge in [0.15, 0.2) is 10.9 Å². The van der Waals surface area contributed by atoms with E-state index in [9.17, 15) is 9.59 Å². The second-order valence-electron chi connectivity index (χ2n) is 5.98. The number of ether oxygens (including phenoxy) is 1. The average Bonchev–Trinajstić information content (AvgIpc) is 2.75. The maximum absolute atomic E-state index is 12.1. The molecule has 0 unspecified atom stereocenters. The number of unbranched alkanes of at least 4 members (excludes halogenated alkanes) is 1. The molecule has 0 bridgehead atoms. The molecule has 1 rings (SSSR count). The SMILES string of the molecule is CCCCC(=O)c1sc(N(C)C(=O)OC(C)(C)C)nc1C. The van der Waals surface area contributed by atoms with Crippen LogP contribution in [0.1, 0.15) is 62.3 Å². The summed E-state index contributed by atoms with van der Waals surface area (Å²) in [5, 5.41) is 0.488. The van der Waals surface area contributed by atoms with Gasteiger partial charge in [0.1, 0.15) is 5.60 Å². The van der Waals surface area contributed by atoms with Crippen molar-refractivity contribution in [2.24, 2.45) is 0 Å². The van der Waals surface area contributed by atoms with Crippen LogP contribution in [0.4, 0.5) is 9.93 Å². The van der Waals surface area contributed by atoms with Crippen molar-refractivity contribution < 1.29 is 14.3 Å². The number of carbonyl (C=O) groups excluding carboxylic acids is 2. The summed E-state index contributed by atoms with van der Waals surface area (Å²) < 4.78 is 5.30. The molecule has 0 aliphatic carbocycles. The van der Waals surface area contributed by atoms with E-state index in [1.165, 1.54) is 16.2 Å². The van der Waals surface area contributed by atoms with Crippen molar-refractivity contribution in [1.82, 2.24) is 4.98 Å². The fourth-order valence-electron chi connectivity index (χ4n) is 1.64. The van der Waals surface area contributed by atoms with Gasteiger partial charge in [0.2, 0.25) is 0 Å². The normalized spacial score (nSPS) is 11.3. The first kappa shape index (κ1) is 17.6. The van der Waals surface area contributed by atoms with Crippen molar-refractivity contribution in [2.45, 2.75) is 59.5 Å². The van der Waals surface area contributed by atoms with Gasteiger partial charge in [-0.15, -0.1) is 0 Å². The van der Waals surface area contributed by atoms with E-state index in [0.29, 0.717) is 22.1 Å². The number of hydrogen-bond donors (Lipinski definition) is 0. The first-order chi connectivity index (χ1) is 9.65. The number of ketones is 1. The zero-order valence-corrected chi connectivity index (χ0v) is 14.5. The highest BCUT2D eigenvalue weighted by Gasteiger charge is 2.24. The third kappa shape index (κ3) is 5.12. The molecule has 1 aromatic rings. The number of aryl methyl sites for hydroxylation is 1. The Morgan fingerprint density at radius 1 is 1.33 bits per heavy atom. The van der Waals surface area contributed by atoms with Gasteiger partial charge in [0.05, 0.1) is 10.6 Å². The van der Waals surface area contributed by atoms with Crippen LogP contribution in [0.25, 0.3) is 0 Å². The molecule has 0 N–H and O–H groups in total. The Bertz CT molecular complexity index is 517. The molecule has 0 fully saturated rings. The first-order valence-electron chi connectivity index (χ1n) is 7.13. The van der Waals surface area contributed by atoms with E-state index >= 15 is 0 Å². The molecule has 6 heteroatoms. The van der Waals surface area contributed by atoms with Gasteiger partial charge >= 0.3 is 6.09 Å². The molecule has 0 spiro atoms. The van der Waals surface area contributed by atoms with Crippen LogP contribution in [0.15, 0.2) is 0 Å². The van der Waals surface area contributed by atoms with Gasteiger partial charge in [-0.25, -0.2) is 9.78 Å². The van der Waals surface area contributed by atoms with Crippen molar-refractivity contribution >= 4 is 28.3 Å². The van der Waals surface area contributed by atoms with E-state index in [-0.39, 0.29) is 5.78 Å². The van der Waals surface area contributed by atoms with Crippen molar-refractivity contribution in [1.29, 1.82) is 0 Å². The number of rotatable bonds is 5. The van der Waals surface area contributed by atoms with Crippen molar-refractivity contribution in [3.8, 4) is 0 Å². The summed E-state index contributed by atoms with van der Waals surface area (Å²) in [6, 6.07) is 0. The van der Waals surface area contributed by atoms with Crippen LogP contribution >= 0.6 is 11.3 Å². The standard InChI is InChI=1S/C15H24N2O3S/c1-7-8-9-11(18)12-10(2)16-13(21-12)17(6)14(19)20-15(3,4)5/h7-9H2,1-6H3. The summed E-state index contributed by atoms with van der Waals surface area (Å²) in [6.45, 7) is 9.28. The Balaban J connectivity index is 2.85. The Hall–Kier alpha value is -1.43. The zero-order valence-electron chi connectivity index (χ0n) is 13.6. The van der Waals surface area contributed by atoms with Crippen molar-refractivity contribution in [3.05, 3.63) is 10.6 Å². The number of carbonyl (C=O) groups is 2. The van der Waals surface area contributed by atoms with Crippen LogP contribution in [-0.2, 0) is 4.74 Å². The van der Waals surface area contributed by atoms with E-state index in [4.69, 9.17) is 4.74 Å². The van der Waals surface area contributed by atoms with Crippen LogP contribution < -0.4 is 4.90 Å². The average molecular weight is 312 g/mol. The predicted octanol–water partition coefficient (Wildman–Crippen LogP) is 4.20. The molecule has 0 aromatic carbocycles. The number of Topliss-reactive ketones (excluding diaryl/α,β-unsaturated/α-hetero) is 1. The molecule has 1 aromatic heterocycles. The highest BCUT2D eigenvalue weighted by molar-refractivity contribution is 7.17. The molecule has 21 heavy (non-hydrogen) atoms. The predicted molar refractivity (Wildman–Crippen MR) is 85.3 cm³/mol. The Morgan fingerprint density at radius 2 is 1.95 bits per heavy atom. The van der Waals surface area contributed by atoms with E-state index in [1.54, 1.807) is 14.0 Å². The minimum Gasteiger partial charge on any atom is -0.443 e. The summed E-state index contributed by atoms with van der Waals surface area (Å²) in [4.78, 5) is 30.4. The highest BCUT2D eigenvalue weighted by atomic mass is 32.1. The van der Waals surface area contributed by atoms with Gasteiger partial charge in [-0.05, 0) is 34.1 Å². The Kier molecular flexibility index (Phi) is 5.89. The molecule has 0 aliphatic rings. The van der Waals surface area contributed by atoms with Gasteiger partial charge in [-0.3, -0.25) is 9.69 Å². The van der Waals surface area contributed by atoms with Crippen LogP contribution in [0.3, 0.4) is 0 Å². The van der Waals surface area contributed by atoms with Gasteiger partial charge in [-0.2, -0.15) is 0 Å². The molecular formula is C15H24N2O3S. The van der Waals surface area contributed by atoms with E-state index in [1.807, 2.05) is 20.8 Å². The molecule has 5 nitrogen and oxygen atoms in total. The smallest absolute Gasteiger partial charge is 0.416 e. The van der Waals surface area contributed by atoms with Gasteiger partial charge in [0, 0.05) is 13.5 Å². The van der Waals surface area contributed by atoms with Crippen molar-refractivity contribution in [3.63, 3.8) is 0 Å². The molecule has 0 radical (unpaired) electrons. The van der Waals surface area contributed by atoms with E-state index < -0.39 is 11.7 Å². The van der Waals surface area contributed by atoms with Gasteiger partial charge in [0.25, 0.3) is 0 Å². The molecule has 0 saturated carbocycles. The maximum Gasteiger partial charge on any atom is 0.416 e. The zero-order chi connectivity index (χ0) is 16.2. The fraction of sp³-hybridized carbons (Fsp3) is 0.667. The van der Waals surface area contributed by atoms with Gasteiger partial charge < -0.3 is 4.74 Å². The lowest BCUT2D eigenvalue weighted by atomic mass is 10.1. The molecule has 0 saturated heterocycles. The first-order valence-corrected chi connectivity index (χ1v) is 7.94. The number of anilines is 1. The third-order valence-electron chi connectivity index (χ3n) is 2.75. The topological polar surface area (TPSA) is 59.5 Å². The summed E-state index contributed by atoms with van der Waals surface area (Å²) in [7, 11) is 1.60. The monoisotopic (exact) mass is 312 g/mol.